The molecule has 34 heavy (non-hydrogen) atoms. The van der Waals surface area contributed by atoms with E-state index in [-0.39, 0.29) is 10.9 Å². The predicted molar refractivity (Wildman–Crippen MR) is 138 cm³/mol. The summed E-state index contributed by atoms with van der Waals surface area (Å²) in [6.45, 7) is 6.47. The maximum atomic E-state index is 13.5. The third kappa shape index (κ3) is 6.65. The minimum atomic E-state index is -3.69. The monoisotopic (exact) mass is 500 g/mol. The van der Waals surface area contributed by atoms with Gasteiger partial charge in [-0.25, -0.2) is 13.4 Å². The van der Waals surface area contributed by atoms with E-state index >= 15 is 0 Å². The van der Waals surface area contributed by atoms with Gasteiger partial charge in [-0.15, -0.1) is 0 Å². The standard InChI is InChI=1S/C25H32N4O3S2/c1-4-26-24(33)28(14-15-32-3)18-23-16-27-25(29(23)17-21-11-6-5-7-12-21)34(30,31)19-22-13-9-8-10-20(22)2/h5-13,16H,4,14-15,17-19H2,1-3H3,(H,26,33). The van der Waals surface area contributed by atoms with Gasteiger partial charge in [-0.1, -0.05) is 54.6 Å². The molecule has 0 saturated carbocycles. The lowest BCUT2D eigenvalue weighted by atomic mass is 10.1. The van der Waals surface area contributed by atoms with E-state index in [1.54, 1.807) is 17.9 Å². The predicted octanol–water partition coefficient (Wildman–Crippen LogP) is 3.56. The van der Waals surface area contributed by atoms with Gasteiger partial charge < -0.3 is 19.5 Å². The summed E-state index contributed by atoms with van der Waals surface area (Å²) in [5.74, 6) is -0.103. The molecule has 0 aliphatic carbocycles. The number of aryl methyl sites for hydroxylation is 1. The average Bonchev–Trinajstić information content (AvgIpc) is 3.21. The molecule has 0 aliphatic rings. The van der Waals surface area contributed by atoms with Crippen LogP contribution in [0.25, 0.3) is 0 Å². The Morgan fingerprint density at radius 2 is 1.85 bits per heavy atom. The molecule has 1 heterocycles. The fourth-order valence-electron chi connectivity index (χ4n) is 3.66. The van der Waals surface area contributed by atoms with Crippen LogP contribution in [0.3, 0.4) is 0 Å². The molecular formula is C25H32N4O3S2. The Morgan fingerprint density at radius 3 is 2.53 bits per heavy atom. The van der Waals surface area contributed by atoms with E-state index in [9.17, 15) is 8.42 Å². The molecule has 0 unspecified atom stereocenters. The van der Waals surface area contributed by atoms with E-state index in [2.05, 4.69) is 10.3 Å². The van der Waals surface area contributed by atoms with Gasteiger partial charge in [-0.05, 0) is 42.8 Å². The normalized spacial score (nSPS) is 11.4. The van der Waals surface area contributed by atoms with Gasteiger partial charge >= 0.3 is 0 Å². The van der Waals surface area contributed by atoms with Crippen LogP contribution in [0.4, 0.5) is 0 Å². The lowest BCUT2D eigenvalue weighted by molar-refractivity contribution is 0.173. The van der Waals surface area contributed by atoms with Crippen LogP contribution in [0.2, 0.25) is 0 Å². The molecule has 0 fully saturated rings. The van der Waals surface area contributed by atoms with Crippen molar-refractivity contribution in [1.29, 1.82) is 0 Å². The Bertz CT molecular complexity index is 1190. The molecule has 3 aromatic rings. The van der Waals surface area contributed by atoms with Gasteiger partial charge in [0.2, 0.25) is 15.0 Å². The van der Waals surface area contributed by atoms with E-state index < -0.39 is 9.84 Å². The van der Waals surface area contributed by atoms with Crippen molar-refractivity contribution in [3.05, 3.63) is 83.2 Å². The fraction of sp³-hybridized carbons (Fsp3) is 0.360. The van der Waals surface area contributed by atoms with Gasteiger partial charge in [0.15, 0.2) is 5.11 Å². The summed E-state index contributed by atoms with van der Waals surface area (Å²) < 4.78 is 34.1. The molecular weight excluding hydrogens is 468 g/mol. The third-order valence-corrected chi connectivity index (χ3v) is 7.48. The highest BCUT2D eigenvalue weighted by molar-refractivity contribution is 7.90. The summed E-state index contributed by atoms with van der Waals surface area (Å²) >= 11 is 5.55. The molecule has 0 bridgehead atoms. The third-order valence-electron chi connectivity index (χ3n) is 5.50. The van der Waals surface area contributed by atoms with Crippen LogP contribution in [-0.2, 0) is 33.4 Å². The Labute approximate surface area is 207 Å². The number of rotatable bonds is 11. The first-order valence-corrected chi connectivity index (χ1v) is 13.3. The number of aromatic nitrogens is 2. The number of nitrogens with one attached hydrogen (secondary N) is 1. The smallest absolute Gasteiger partial charge is 0.228 e. The number of nitrogens with zero attached hydrogens (tertiary/aromatic N) is 3. The molecule has 2 aromatic carbocycles. The Morgan fingerprint density at radius 1 is 1.15 bits per heavy atom. The first kappa shape index (κ1) is 25.9. The number of ether oxygens (including phenoxy) is 1. The SMILES string of the molecule is CCNC(=S)N(CCOC)Cc1cnc(S(=O)(=O)Cc2ccccc2C)n1Cc1ccccc1. The maximum Gasteiger partial charge on any atom is 0.228 e. The number of sulfone groups is 1. The van der Waals surface area contributed by atoms with Crippen LogP contribution < -0.4 is 5.32 Å². The molecule has 7 nitrogen and oxygen atoms in total. The van der Waals surface area contributed by atoms with Gasteiger partial charge in [0.05, 0.1) is 37.3 Å². The van der Waals surface area contributed by atoms with Crippen molar-refractivity contribution in [2.24, 2.45) is 0 Å². The zero-order valence-corrected chi connectivity index (χ0v) is 21.5. The van der Waals surface area contributed by atoms with Gasteiger partial charge in [-0.3, -0.25) is 0 Å². The molecule has 0 aliphatic heterocycles. The van der Waals surface area contributed by atoms with Crippen molar-refractivity contribution in [1.82, 2.24) is 19.8 Å². The second-order valence-electron chi connectivity index (χ2n) is 8.04. The van der Waals surface area contributed by atoms with E-state index in [1.165, 1.54) is 0 Å². The second kappa shape index (κ2) is 12.1. The van der Waals surface area contributed by atoms with Crippen LogP contribution in [0.1, 0.15) is 29.3 Å². The van der Waals surface area contributed by atoms with E-state index in [0.717, 1.165) is 22.4 Å². The zero-order chi connectivity index (χ0) is 24.6. The van der Waals surface area contributed by atoms with Crippen molar-refractivity contribution in [3.8, 4) is 0 Å². The zero-order valence-electron chi connectivity index (χ0n) is 19.9. The Balaban J connectivity index is 2.00. The molecule has 1 N–H and O–H groups in total. The molecule has 1 aromatic heterocycles. The maximum absolute atomic E-state index is 13.5. The largest absolute Gasteiger partial charge is 0.383 e. The van der Waals surface area contributed by atoms with Crippen molar-refractivity contribution >= 4 is 27.2 Å². The molecule has 182 valence electrons. The minimum Gasteiger partial charge on any atom is -0.383 e. The first-order valence-electron chi connectivity index (χ1n) is 11.2. The quantitative estimate of drug-likeness (QED) is 0.404. The lowest BCUT2D eigenvalue weighted by Gasteiger charge is -2.26. The highest BCUT2D eigenvalue weighted by Gasteiger charge is 2.26. The van der Waals surface area contributed by atoms with Crippen molar-refractivity contribution in [3.63, 3.8) is 0 Å². The minimum absolute atomic E-state index is 0.0654. The molecule has 0 amide bonds. The van der Waals surface area contributed by atoms with Gasteiger partial charge in [-0.2, -0.15) is 0 Å². The average molecular weight is 501 g/mol. The van der Waals surface area contributed by atoms with E-state index in [4.69, 9.17) is 17.0 Å². The fourth-order valence-corrected chi connectivity index (χ4v) is 5.55. The van der Waals surface area contributed by atoms with Crippen molar-refractivity contribution < 1.29 is 13.2 Å². The first-order chi connectivity index (χ1) is 16.4. The number of hydrogen-bond acceptors (Lipinski definition) is 5. The number of hydrogen-bond donors (Lipinski definition) is 1. The van der Waals surface area contributed by atoms with Crippen molar-refractivity contribution in [2.75, 3.05) is 26.8 Å². The van der Waals surface area contributed by atoms with Crippen LogP contribution >= 0.6 is 12.2 Å². The van der Waals surface area contributed by atoms with Gasteiger partial charge in [0.25, 0.3) is 0 Å². The Kier molecular flexibility index (Phi) is 9.20. The summed E-state index contributed by atoms with van der Waals surface area (Å²) in [5.41, 5.74) is 3.47. The molecule has 3 rings (SSSR count). The van der Waals surface area contributed by atoms with Crippen molar-refractivity contribution in [2.45, 2.75) is 37.8 Å². The highest BCUT2D eigenvalue weighted by atomic mass is 32.2. The van der Waals surface area contributed by atoms with E-state index in [0.29, 0.717) is 37.9 Å². The molecule has 0 radical (unpaired) electrons. The summed E-state index contributed by atoms with van der Waals surface area (Å²) in [6.07, 6.45) is 1.64. The summed E-state index contributed by atoms with van der Waals surface area (Å²) in [6, 6.07) is 17.3. The number of thiocarbonyl (C=S) groups is 1. The number of benzene rings is 2. The number of methoxy groups -OCH3 is 1. The van der Waals surface area contributed by atoms with Gasteiger partial charge in [0, 0.05) is 20.2 Å². The van der Waals surface area contributed by atoms with Crippen LogP contribution in [0.15, 0.2) is 66.0 Å². The number of imidazole rings is 1. The van der Waals surface area contributed by atoms with Crippen LogP contribution in [0.5, 0.6) is 0 Å². The van der Waals surface area contributed by atoms with Crippen LogP contribution in [-0.4, -0.2) is 54.8 Å². The summed E-state index contributed by atoms with van der Waals surface area (Å²) in [4.78, 5) is 6.37. The topological polar surface area (TPSA) is 76.5 Å². The Hall–Kier alpha value is -2.75. The second-order valence-corrected chi connectivity index (χ2v) is 10.3. The molecule has 0 saturated heterocycles. The molecule has 0 atom stereocenters. The lowest BCUT2D eigenvalue weighted by Crippen LogP contribution is -2.41. The summed E-state index contributed by atoms with van der Waals surface area (Å²) in [7, 11) is -2.05. The van der Waals surface area contributed by atoms with E-state index in [1.807, 2.05) is 73.3 Å². The van der Waals surface area contributed by atoms with Crippen LogP contribution in [0, 0.1) is 6.92 Å². The molecule has 0 spiro atoms. The molecule has 9 heteroatoms. The highest BCUT2D eigenvalue weighted by Crippen LogP contribution is 2.22. The van der Waals surface area contributed by atoms with Gasteiger partial charge in [0.1, 0.15) is 0 Å². The summed E-state index contributed by atoms with van der Waals surface area (Å²) in [5, 5.41) is 3.83.